The molecule has 5 nitrogen and oxygen atoms in total. The average Bonchev–Trinajstić information content (AvgIpc) is 4.18. The van der Waals surface area contributed by atoms with Crippen molar-refractivity contribution in [2.24, 2.45) is 0 Å². The van der Waals surface area contributed by atoms with Crippen LogP contribution in [0.15, 0.2) is 182 Å². The maximum Gasteiger partial charge on any atom is 0.268 e. The van der Waals surface area contributed by atoms with Crippen LogP contribution < -0.4 is 9.30 Å². The molecule has 0 radical (unpaired) electrons. The number of ether oxygens (including phenoxy) is 1. The Kier molecular flexibility index (Phi) is 10.4. The summed E-state index contributed by atoms with van der Waals surface area (Å²) in [6, 6.07) is 53.7. The van der Waals surface area contributed by atoms with E-state index in [-0.39, 0.29) is 59.8 Å². The van der Waals surface area contributed by atoms with Gasteiger partial charge in [0, 0.05) is 54.0 Å². The number of benzene rings is 8. The van der Waals surface area contributed by atoms with Crippen LogP contribution in [-0.2, 0) is 37.3 Å². The number of aromatic nitrogens is 4. The zero-order valence-corrected chi connectivity index (χ0v) is 44.7. The van der Waals surface area contributed by atoms with Gasteiger partial charge in [-0.05, 0) is 102 Å². The summed E-state index contributed by atoms with van der Waals surface area (Å²) in [5.74, 6) is 1.00. The van der Waals surface area contributed by atoms with Crippen LogP contribution in [0.1, 0.15) is 95.5 Å². The van der Waals surface area contributed by atoms with Crippen LogP contribution in [0.4, 0.5) is 0 Å². The number of nitrogens with zero attached hydrogens (tertiary/aromatic N) is 4. The number of aryl methyl sites for hydroxylation is 1. The first kappa shape index (κ1) is 40.2. The van der Waals surface area contributed by atoms with Gasteiger partial charge >= 0.3 is 0 Å². The normalized spacial score (nSPS) is 13.9. The molecule has 11 rings (SSSR count). The molecule has 0 spiro atoms. The number of fused-ring (bicyclic) bond motifs is 4. The van der Waals surface area contributed by atoms with Gasteiger partial charge in [0.1, 0.15) is 5.82 Å². The van der Waals surface area contributed by atoms with Crippen LogP contribution in [0.25, 0.3) is 83.4 Å². The smallest absolute Gasteiger partial charge is 0.268 e. The van der Waals surface area contributed by atoms with Gasteiger partial charge in [-0.3, -0.25) is 4.57 Å². The van der Waals surface area contributed by atoms with Crippen LogP contribution in [0.3, 0.4) is 0 Å². The van der Waals surface area contributed by atoms with Gasteiger partial charge in [-0.15, -0.1) is 29.7 Å². The summed E-state index contributed by atoms with van der Waals surface area (Å²) >= 11 is 0. The second kappa shape index (κ2) is 18.9. The van der Waals surface area contributed by atoms with Gasteiger partial charge in [0.05, 0.1) is 23.6 Å². The number of hydrogen-bond acceptors (Lipinski definition) is 2. The van der Waals surface area contributed by atoms with E-state index in [9.17, 15) is 0 Å². The van der Waals surface area contributed by atoms with E-state index < -0.39 is 37.1 Å². The molecule has 0 fully saturated rings. The number of hydrogen-bond donors (Lipinski definition) is 0. The predicted molar refractivity (Wildman–Crippen MR) is 297 cm³/mol. The number of para-hydroxylation sites is 2. The summed E-state index contributed by atoms with van der Waals surface area (Å²) in [7, 11) is 0. The Hall–Kier alpha value is -7.33. The van der Waals surface area contributed by atoms with Crippen molar-refractivity contribution in [1.29, 1.82) is 0 Å². The molecule has 3 heterocycles. The molecule has 11 aromatic rings. The van der Waals surface area contributed by atoms with E-state index in [4.69, 9.17) is 20.7 Å². The molecule has 0 amide bonds. The van der Waals surface area contributed by atoms with Gasteiger partial charge in [0.15, 0.2) is 0 Å². The van der Waals surface area contributed by atoms with Crippen LogP contribution in [-0.4, -0.2) is 14.1 Å². The first-order valence-corrected chi connectivity index (χ1v) is 24.4. The molecule has 0 aliphatic heterocycles. The molecule has 3 aromatic heterocycles. The quantitative estimate of drug-likeness (QED) is 0.112. The number of pyridine rings is 1. The average molecular weight is 1140 g/mol. The maximum atomic E-state index is 8.67. The molecule has 0 saturated heterocycles. The fraction of sp³-hybridized carbons (Fsp3) is 0.194. The van der Waals surface area contributed by atoms with Crippen molar-refractivity contribution in [2.75, 3.05) is 0 Å². The Bertz CT molecular complexity index is 4240. The van der Waals surface area contributed by atoms with E-state index in [0.29, 0.717) is 22.7 Å². The van der Waals surface area contributed by atoms with Crippen molar-refractivity contribution in [3.05, 3.63) is 223 Å². The van der Waals surface area contributed by atoms with Gasteiger partial charge in [-0.25, -0.2) is 4.98 Å². The van der Waals surface area contributed by atoms with Crippen LogP contribution in [0.2, 0.25) is 0 Å². The predicted octanol–water partition coefficient (Wildman–Crippen LogP) is 16.8. The minimum atomic E-state index is -2.76. The zero-order chi connectivity index (χ0) is 57.0. The standard InChI is InChI=1S/C67H60N4O.Pt/c1-44-37-63(68-42-57(44)46-19-12-11-13-20-46)71-59-28-15-14-25-55(59)56-35-34-53(41-61(56)71)72-52-24-17-23-51(40-52)69-43-70(60-36-31-47(39-62(60)69)45-29-32-49(33-30-45)65(2,3)4)64-54(26-18-27-58(64)67(8,9)10)48-21-16-22-50(38-48)66(5,6)7;/h11-39,42H,1-10H3;/q-2;/i1D3,11D,12D,13D,19D,20D;. The molecular weight excluding hydrogens is 1070 g/mol. The first-order chi connectivity index (χ1) is 37.8. The van der Waals surface area contributed by atoms with Gasteiger partial charge in [-0.2, -0.15) is 18.2 Å². The van der Waals surface area contributed by atoms with E-state index >= 15 is 0 Å². The second-order valence-electron chi connectivity index (χ2n) is 21.6. The fourth-order valence-electron chi connectivity index (χ4n) is 9.64. The molecule has 0 aliphatic rings. The van der Waals surface area contributed by atoms with Crippen molar-refractivity contribution in [1.82, 2.24) is 14.1 Å². The Balaban J connectivity index is 0.00000736. The molecule has 6 heteroatoms. The molecule has 0 unspecified atom stereocenters. The number of rotatable bonds is 8. The molecule has 0 bridgehead atoms. The largest absolute Gasteiger partial charge is 0.510 e. The molecular formula is C67H60N4OPt-2. The molecule has 0 aliphatic carbocycles. The van der Waals surface area contributed by atoms with Crippen LogP contribution in [0, 0.1) is 25.3 Å². The summed E-state index contributed by atoms with van der Waals surface area (Å²) in [4.78, 5) is 4.74. The van der Waals surface area contributed by atoms with E-state index in [1.54, 1.807) is 4.57 Å². The minimum Gasteiger partial charge on any atom is -0.510 e. The number of imidazole rings is 1. The first-order valence-electron chi connectivity index (χ1n) is 28.4. The Morgan fingerprint density at radius 2 is 1.30 bits per heavy atom. The Morgan fingerprint density at radius 1 is 0.575 bits per heavy atom. The maximum absolute atomic E-state index is 8.67. The van der Waals surface area contributed by atoms with Gasteiger partial charge < -0.3 is 13.9 Å². The summed E-state index contributed by atoms with van der Waals surface area (Å²) in [5.41, 5.74) is 12.0. The minimum absolute atomic E-state index is 0. The van der Waals surface area contributed by atoms with Crippen molar-refractivity contribution in [3.8, 4) is 62.1 Å². The SMILES string of the molecule is [2H]c1c([2H])c([2H])c(-c2cnc(-n3c4[c-]c(Oc5[c-]c(-n6[c-][n+](-c7c(-c8cccc(C(C)(C)C)c8)cccc7C(C)(C)C)c7ccc(-c8ccc(C(C)(C)C)cc8)cc76)ccc5)ccc4c4ccccc43)cc2C([2H])([2H])[2H])c([2H])c1[2H].[Pt]. The van der Waals surface area contributed by atoms with E-state index in [2.05, 4.69) is 175 Å². The van der Waals surface area contributed by atoms with Crippen molar-refractivity contribution >= 4 is 32.8 Å². The third-order valence-electron chi connectivity index (χ3n) is 13.5. The molecule has 366 valence electrons. The van der Waals surface area contributed by atoms with Gasteiger partial charge in [-0.1, -0.05) is 195 Å². The summed E-state index contributed by atoms with van der Waals surface area (Å²) in [6.07, 6.45) is 5.11. The Labute approximate surface area is 456 Å². The third kappa shape index (κ3) is 9.37. The topological polar surface area (TPSA) is 35.9 Å². The zero-order valence-electron chi connectivity index (χ0n) is 50.4. The molecule has 0 saturated carbocycles. The van der Waals surface area contributed by atoms with Gasteiger partial charge in [0.25, 0.3) is 6.33 Å². The fourth-order valence-corrected chi connectivity index (χ4v) is 9.64. The van der Waals surface area contributed by atoms with E-state index in [1.165, 1.54) is 23.4 Å². The van der Waals surface area contributed by atoms with Crippen LogP contribution in [0.5, 0.6) is 11.5 Å². The van der Waals surface area contributed by atoms with E-state index in [1.807, 2.05) is 54.6 Å². The van der Waals surface area contributed by atoms with E-state index in [0.717, 1.165) is 60.8 Å². The molecule has 0 N–H and O–H groups in total. The summed E-state index contributed by atoms with van der Waals surface area (Å²) in [5, 5.41) is 1.66. The van der Waals surface area contributed by atoms with Crippen LogP contribution >= 0.6 is 0 Å². The molecule has 8 aromatic carbocycles. The summed E-state index contributed by atoms with van der Waals surface area (Å²) in [6.45, 7) is 17.4. The van der Waals surface area contributed by atoms with Gasteiger partial charge in [0.2, 0.25) is 0 Å². The monoisotopic (exact) mass is 1140 g/mol. The summed E-state index contributed by atoms with van der Waals surface area (Å²) < 4.78 is 80.7. The second-order valence-corrected chi connectivity index (χ2v) is 21.6. The van der Waals surface area contributed by atoms with Crippen molar-refractivity contribution < 1.29 is 41.3 Å². The Morgan fingerprint density at radius 3 is 2.05 bits per heavy atom. The van der Waals surface area contributed by atoms with Crippen molar-refractivity contribution in [2.45, 2.75) is 85.4 Å². The molecule has 73 heavy (non-hydrogen) atoms. The van der Waals surface area contributed by atoms with Crippen molar-refractivity contribution in [3.63, 3.8) is 0 Å². The molecule has 0 atom stereocenters. The third-order valence-corrected chi connectivity index (χ3v) is 13.5.